The first-order valence-corrected chi connectivity index (χ1v) is 7.79. The number of rotatable bonds is 7. The highest BCUT2D eigenvalue weighted by atomic mass is 32.2. The summed E-state index contributed by atoms with van der Waals surface area (Å²) in [5, 5.41) is 18.1. The van der Waals surface area contributed by atoms with Crippen LogP contribution in [0.15, 0.2) is 17.2 Å². The van der Waals surface area contributed by atoms with Crippen LogP contribution in [-0.2, 0) is 10.0 Å². The van der Waals surface area contributed by atoms with Crippen LogP contribution in [0.2, 0.25) is 0 Å². The van der Waals surface area contributed by atoms with Crippen LogP contribution in [0, 0.1) is 0 Å². The minimum atomic E-state index is -3.85. The van der Waals surface area contributed by atoms with Gasteiger partial charge in [-0.3, -0.25) is 0 Å². The lowest BCUT2D eigenvalue weighted by atomic mass is 10.3. The van der Waals surface area contributed by atoms with Crippen molar-refractivity contribution in [3.8, 4) is 0 Å². The molecule has 1 aromatic rings. The number of nitrogens with one attached hydrogen (secondary N) is 1. The van der Waals surface area contributed by atoms with Crippen molar-refractivity contribution in [1.29, 1.82) is 0 Å². The molecule has 8 heteroatoms. The Morgan fingerprint density at radius 3 is 2.40 bits per heavy atom. The molecule has 0 fully saturated rings. The number of sulfonamides is 1. The van der Waals surface area contributed by atoms with E-state index in [0.717, 1.165) is 6.07 Å². The van der Waals surface area contributed by atoms with Crippen molar-refractivity contribution < 1.29 is 23.4 Å². The van der Waals surface area contributed by atoms with Gasteiger partial charge in [-0.25, -0.2) is 17.9 Å². The Labute approximate surface area is 118 Å². The van der Waals surface area contributed by atoms with Crippen LogP contribution in [0.1, 0.15) is 43.7 Å². The molecule has 1 unspecified atom stereocenters. The zero-order chi connectivity index (χ0) is 15.5. The Hall–Kier alpha value is -1.38. The van der Waals surface area contributed by atoms with E-state index in [4.69, 9.17) is 10.2 Å². The number of hydrogen-bond donors (Lipinski definition) is 3. The maximum absolute atomic E-state index is 12.1. The highest BCUT2D eigenvalue weighted by Crippen LogP contribution is 2.19. The van der Waals surface area contributed by atoms with Crippen molar-refractivity contribution >= 4 is 16.0 Å². The van der Waals surface area contributed by atoms with Crippen LogP contribution >= 0.6 is 0 Å². The van der Waals surface area contributed by atoms with Gasteiger partial charge < -0.3 is 14.8 Å². The van der Waals surface area contributed by atoms with Crippen molar-refractivity contribution in [2.45, 2.75) is 44.2 Å². The fourth-order valence-corrected chi connectivity index (χ4v) is 3.07. The first-order valence-electron chi connectivity index (χ1n) is 6.31. The third-order valence-electron chi connectivity index (χ3n) is 2.94. The standard InChI is InChI=1S/C12H20N2O5S/c1-4-9(7-15)13-20(18,19)10-5-11(12(16)17)14(6-10)8(2)3/h5-6,8-9,13,15H,4,7H2,1-3H3,(H,16,17). The van der Waals surface area contributed by atoms with E-state index in [2.05, 4.69) is 4.72 Å². The van der Waals surface area contributed by atoms with Gasteiger partial charge in [0.2, 0.25) is 10.0 Å². The smallest absolute Gasteiger partial charge is 0.352 e. The molecule has 7 nitrogen and oxygen atoms in total. The topological polar surface area (TPSA) is 109 Å². The molecule has 0 spiro atoms. The van der Waals surface area contributed by atoms with Gasteiger partial charge in [0, 0.05) is 18.3 Å². The normalized spacial score (nSPS) is 13.7. The van der Waals surface area contributed by atoms with Crippen LogP contribution in [0.4, 0.5) is 0 Å². The molecule has 1 aromatic heterocycles. The van der Waals surface area contributed by atoms with E-state index in [0.29, 0.717) is 6.42 Å². The van der Waals surface area contributed by atoms with Crippen molar-refractivity contribution in [2.75, 3.05) is 6.61 Å². The molecule has 0 aliphatic carbocycles. The van der Waals surface area contributed by atoms with Crippen LogP contribution in [-0.4, -0.2) is 41.8 Å². The van der Waals surface area contributed by atoms with Gasteiger partial charge in [0.15, 0.2) is 0 Å². The monoisotopic (exact) mass is 304 g/mol. The Morgan fingerprint density at radius 1 is 1.45 bits per heavy atom. The quantitative estimate of drug-likeness (QED) is 0.691. The van der Waals surface area contributed by atoms with E-state index in [-0.39, 0.29) is 23.2 Å². The SMILES string of the molecule is CCC(CO)NS(=O)(=O)c1cc(C(=O)O)n(C(C)C)c1. The molecule has 0 aliphatic rings. The highest BCUT2D eigenvalue weighted by Gasteiger charge is 2.24. The van der Waals surface area contributed by atoms with Crippen molar-refractivity contribution in [3.05, 3.63) is 18.0 Å². The molecular formula is C12H20N2O5S. The molecule has 1 atom stereocenters. The average Bonchev–Trinajstić information content (AvgIpc) is 2.82. The van der Waals surface area contributed by atoms with Crippen molar-refractivity contribution in [1.82, 2.24) is 9.29 Å². The van der Waals surface area contributed by atoms with Gasteiger partial charge in [-0.1, -0.05) is 6.92 Å². The lowest BCUT2D eigenvalue weighted by Gasteiger charge is -2.13. The molecular weight excluding hydrogens is 284 g/mol. The fourth-order valence-electron chi connectivity index (χ4n) is 1.74. The van der Waals surface area contributed by atoms with Crippen LogP contribution < -0.4 is 4.72 Å². The van der Waals surface area contributed by atoms with E-state index in [1.165, 1.54) is 10.8 Å². The molecule has 0 amide bonds. The Bertz CT molecular complexity index is 573. The first kappa shape index (κ1) is 16.7. The van der Waals surface area contributed by atoms with E-state index < -0.39 is 22.0 Å². The third-order valence-corrected chi connectivity index (χ3v) is 4.43. The van der Waals surface area contributed by atoms with Gasteiger partial charge in [0.05, 0.1) is 6.61 Å². The van der Waals surface area contributed by atoms with Crippen molar-refractivity contribution in [2.24, 2.45) is 0 Å². The molecule has 0 aromatic carbocycles. The molecule has 1 rings (SSSR count). The summed E-state index contributed by atoms with van der Waals surface area (Å²) in [6, 6.07) is 0.356. The summed E-state index contributed by atoms with van der Waals surface area (Å²) >= 11 is 0. The molecule has 0 aliphatic heterocycles. The Kier molecular flexibility index (Phi) is 5.32. The van der Waals surface area contributed by atoms with Gasteiger partial charge in [0.1, 0.15) is 10.6 Å². The largest absolute Gasteiger partial charge is 0.477 e. The number of aliphatic hydroxyl groups excluding tert-OH is 1. The minimum Gasteiger partial charge on any atom is -0.477 e. The number of aromatic carboxylic acids is 1. The average molecular weight is 304 g/mol. The second-order valence-corrected chi connectivity index (χ2v) is 6.49. The second-order valence-electron chi connectivity index (χ2n) is 4.78. The summed E-state index contributed by atoms with van der Waals surface area (Å²) in [5.41, 5.74) is -0.0857. The molecule has 0 saturated carbocycles. The Morgan fingerprint density at radius 2 is 2.05 bits per heavy atom. The predicted octanol–water partition coefficient (Wildman–Crippen LogP) is 0.816. The molecule has 1 heterocycles. The summed E-state index contributed by atoms with van der Waals surface area (Å²) in [6.45, 7) is 4.95. The molecule has 0 bridgehead atoms. The lowest BCUT2D eigenvalue weighted by Crippen LogP contribution is -2.36. The lowest BCUT2D eigenvalue weighted by molar-refractivity contribution is 0.0683. The molecule has 114 valence electrons. The van der Waals surface area contributed by atoms with Gasteiger partial charge in [0.25, 0.3) is 0 Å². The molecule has 3 N–H and O–H groups in total. The third kappa shape index (κ3) is 3.59. The molecule has 0 saturated heterocycles. The zero-order valence-corrected chi connectivity index (χ0v) is 12.5. The number of hydrogen-bond acceptors (Lipinski definition) is 4. The number of nitrogens with zero attached hydrogens (tertiary/aromatic N) is 1. The highest BCUT2D eigenvalue weighted by molar-refractivity contribution is 7.89. The summed E-state index contributed by atoms with van der Waals surface area (Å²) in [7, 11) is -3.85. The Balaban J connectivity index is 3.19. The maximum atomic E-state index is 12.1. The number of carbonyl (C=O) groups is 1. The van der Waals surface area contributed by atoms with E-state index in [1.54, 1.807) is 20.8 Å². The summed E-state index contributed by atoms with van der Waals surface area (Å²) in [5.74, 6) is -1.19. The minimum absolute atomic E-state index is 0.0857. The second kappa shape index (κ2) is 6.38. The van der Waals surface area contributed by atoms with Gasteiger partial charge >= 0.3 is 5.97 Å². The fraction of sp³-hybridized carbons (Fsp3) is 0.583. The summed E-state index contributed by atoms with van der Waals surface area (Å²) in [6.07, 6.45) is 1.73. The van der Waals surface area contributed by atoms with E-state index >= 15 is 0 Å². The number of aliphatic hydroxyl groups is 1. The molecule has 0 radical (unpaired) electrons. The van der Waals surface area contributed by atoms with Crippen LogP contribution in [0.25, 0.3) is 0 Å². The number of carboxylic acids is 1. The zero-order valence-electron chi connectivity index (χ0n) is 11.7. The summed E-state index contributed by atoms with van der Waals surface area (Å²) < 4.78 is 28.0. The van der Waals surface area contributed by atoms with E-state index in [9.17, 15) is 13.2 Å². The van der Waals surface area contributed by atoms with Crippen molar-refractivity contribution in [3.63, 3.8) is 0 Å². The number of carboxylic acid groups (broad SMARTS) is 1. The van der Waals surface area contributed by atoms with Crippen LogP contribution in [0.3, 0.4) is 0 Å². The van der Waals surface area contributed by atoms with Gasteiger partial charge in [-0.15, -0.1) is 0 Å². The molecule has 20 heavy (non-hydrogen) atoms. The van der Waals surface area contributed by atoms with E-state index in [1.807, 2.05) is 0 Å². The number of aromatic nitrogens is 1. The summed E-state index contributed by atoms with van der Waals surface area (Å²) in [4.78, 5) is 11.0. The maximum Gasteiger partial charge on any atom is 0.352 e. The predicted molar refractivity (Wildman–Crippen MR) is 73.3 cm³/mol. The van der Waals surface area contributed by atoms with Gasteiger partial charge in [-0.05, 0) is 26.3 Å². The van der Waals surface area contributed by atoms with Crippen LogP contribution in [0.5, 0.6) is 0 Å². The van der Waals surface area contributed by atoms with Gasteiger partial charge in [-0.2, -0.15) is 0 Å². The first-order chi connectivity index (χ1) is 9.22.